The number of benzene rings is 2. The highest BCUT2D eigenvalue weighted by Gasteiger charge is 2.12. The van der Waals surface area contributed by atoms with Crippen molar-refractivity contribution in [2.45, 2.75) is 0 Å². The fourth-order valence-electron chi connectivity index (χ4n) is 2.61. The SMILES string of the molecule is COc1ccc(NC(=O)c2ccnc(Nc3cc(Cl)c(OC)cc3OC)c2)cc1. The minimum absolute atomic E-state index is 0.264. The van der Waals surface area contributed by atoms with Crippen LogP contribution in [0.1, 0.15) is 10.4 Å². The number of nitrogens with zero attached hydrogens (tertiary/aromatic N) is 1. The van der Waals surface area contributed by atoms with Gasteiger partial charge < -0.3 is 24.8 Å². The van der Waals surface area contributed by atoms with Crippen molar-refractivity contribution in [2.24, 2.45) is 0 Å². The molecular weight excluding hydrogens is 394 g/mol. The lowest BCUT2D eigenvalue weighted by molar-refractivity contribution is 0.102. The van der Waals surface area contributed by atoms with Gasteiger partial charge in [0, 0.05) is 23.5 Å². The second-order valence-corrected chi connectivity index (χ2v) is 6.33. The molecule has 1 heterocycles. The van der Waals surface area contributed by atoms with E-state index in [-0.39, 0.29) is 5.91 Å². The van der Waals surface area contributed by atoms with E-state index in [4.69, 9.17) is 25.8 Å². The maximum absolute atomic E-state index is 12.6. The molecule has 0 aliphatic heterocycles. The molecule has 8 heteroatoms. The van der Waals surface area contributed by atoms with Crippen LogP contribution in [-0.2, 0) is 0 Å². The second-order valence-electron chi connectivity index (χ2n) is 5.92. The third-order valence-corrected chi connectivity index (χ3v) is 4.40. The number of ether oxygens (including phenoxy) is 3. The molecule has 150 valence electrons. The first kappa shape index (κ1) is 20.3. The lowest BCUT2D eigenvalue weighted by Crippen LogP contribution is -2.12. The number of amides is 1. The zero-order valence-electron chi connectivity index (χ0n) is 16.2. The quantitative estimate of drug-likeness (QED) is 0.581. The average Bonchev–Trinajstić information content (AvgIpc) is 2.74. The van der Waals surface area contributed by atoms with Gasteiger partial charge in [-0.15, -0.1) is 0 Å². The highest BCUT2D eigenvalue weighted by Crippen LogP contribution is 2.37. The van der Waals surface area contributed by atoms with E-state index in [2.05, 4.69) is 15.6 Å². The fourth-order valence-corrected chi connectivity index (χ4v) is 2.85. The van der Waals surface area contributed by atoms with Gasteiger partial charge in [-0.2, -0.15) is 0 Å². The maximum atomic E-state index is 12.6. The Labute approximate surface area is 173 Å². The zero-order valence-corrected chi connectivity index (χ0v) is 16.9. The monoisotopic (exact) mass is 413 g/mol. The first-order valence-corrected chi connectivity index (χ1v) is 9.02. The molecule has 3 aromatic rings. The van der Waals surface area contributed by atoms with Crippen LogP contribution in [0.5, 0.6) is 17.2 Å². The predicted octanol–water partition coefficient (Wildman–Crippen LogP) is 4.76. The molecule has 0 unspecified atom stereocenters. The van der Waals surface area contributed by atoms with Gasteiger partial charge in [0.1, 0.15) is 23.1 Å². The van der Waals surface area contributed by atoms with E-state index in [9.17, 15) is 4.79 Å². The van der Waals surface area contributed by atoms with E-state index < -0.39 is 0 Å². The van der Waals surface area contributed by atoms with E-state index in [1.165, 1.54) is 7.11 Å². The highest BCUT2D eigenvalue weighted by molar-refractivity contribution is 6.32. The summed E-state index contributed by atoms with van der Waals surface area (Å²) in [6.07, 6.45) is 1.54. The van der Waals surface area contributed by atoms with Crippen LogP contribution in [0.3, 0.4) is 0 Å². The summed E-state index contributed by atoms with van der Waals surface area (Å²) in [5, 5.41) is 6.37. The molecule has 1 amide bonds. The van der Waals surface area contributed by atoms with Crippen LogP contribution in [-0.4, -0.2) is 32.2 Å². The van der Waals surface area contributed by atoms with Crippen molar-refractivity contribution in [1.82, 2.24) is 4.98 Å². The van der Waals surface area contributed by atoms with Crippen molar-refractivity contribution in [3.05, 3.63) is 65.3 Å². The Bertz CT molecular complexity index is 1010. The molecule has 0 saturated heterocycles. The summed E-state index contributed by atoms with van der Waals surface area (Å²) in [7, 11) is 4.66. The van der Waals surface area contributed by atoms with Gasteiger partial charge in [-0.3, -0.25) is 4.79 Å². The van der Waals surface area contributed by atoms with Crippen molar-refractivity contribution < 1.29 is 19.0 Å². The summed E-state index contributed by atoms with van der Waals surface area (Å²) >= 11 is 6.20. The molecule has 0 fully saturated rings. The number of pyridine rings is 1. The van der Waals surface area contributed by atoms with Crippen LogP contribution in [0, 0.1) is 0 Å². The van der Waals surface area contributed by atoms with Crippen molar-refractivity contribution in [2.75, 3.05) is 32.0 Å². The van der Waals surface area contributed by atoms with Crippen LogP contribution >= 0.6 is 11.6 Å². The van der Waals surface area contributed by atoms with Gasteiger partial charge in [-0.05, 0) is 42.5 Å². The third-order valence-electron chi connectivity index (χ3n) is 4.11. The first-order valence-electron chi connectivity index (χ1n) is 8.64. The molecule has 2 N–H and O–H groups in total. The molecule has 7 nitrogen and oxygen atoms in total. The molecule has 0 spiro atoms. The fraction of sp³-hybridized carbons (Fsp3) is 0.143. The largest absolute Gasteiger partial charge is 0.497 e. The topological polar surface area (TPSA) is 81.7 Å². The van der Waals surface area contributed by atoms with Crippen LogP contribution in [0.15, 0.2) is 54.7 Å². The van der Waals surface area contributed by atoms with Gasteiger partial charge in [0.05, 0.1) is 32.0 Å². The van der Waals surface area contributed by atoms with Crippen LogP contribution in [0.4, 0.5) is 17.2 Å². The van der Waals surface area contributed by atoms with Gasteiger partial charge in [-0.1, -0.05) is 11.6 Å². The number of hydrogen-bond donors (Lipinski definition) is 2. The Hall–Kier alpha value is -3.45. The van der Waals surface area contributed by atoms with Gasteiger partial charge >= 0.3 is 0 Å². The third kappa shape index (κ3) is 4.89. The predicted molar refractivity (Wildman–Crippen MR) is 113 cm³/mol. The number of nitrogens with one attached hydrogen (secondary N) is 2. The van der Waals surface area contributed by atoms with Crippen molar-refractivity contribution in [1.29, 1.82) is 0 Å². The van der Waals surface area contributed by atoms with Gasteiger partial charge in [-0.25, -0.2) is 4.98 Å². The molecule has 0 aliphatic carbocycles. The first-order chi connectivity index (χ1) is 14.0. The zero-order chi connectivity index (χ0) is 20.8. The lowest BCUT2D eigenvalue weighted by atomic mass is 10.2. The summed E-state index contributed by atoms with van der Waals surface area (Å²) in [5.41, 5.74) is 1.70. The minimum atomic E-state index is -0.264. The van der Waals surface area contributed by atoms with E-state index in [0.717, 1.165) is 0 Å². The number of carbonyl (C=O) groups is 1. The molecule has 1 aromatic heterocycles. The number of anilines is 3. The Balaban J connectivity index is 1.78. The summed E-state index contributed by atoms with van der Waals surface area (Å²) in [4.78, 5) is 16.8. The molecule has 0 radical (unpaired) electrons. The maximum Gasteiger partial charge on any atom is 0.255 e. The summed E-state index contributed by atoms with van der Waals surface area (Å²) in [5.74, 6) is 1.94. The smallest absolute Gasteiger partial charge is 0.255 e. The van der Waals surface area contributed by atoms with Crippen LogP contribution < -0.4 is 24.8 Å². The molecule has 0 bridgehead atoms. The van der Waals surface area contributed by atoms with Crippen molar-refractivity contribution >= 4 is 34.7 Å². The van der Waals surface area contributed by atoms with Gasteiger partial charge in [0.15, 0.2) is 0 Å². The van der Waals surface area contributed by atoms with Gasteiger partial charge in [0.2, 0.25) is 0 Å². The molecule has 2 aromatic carbocycles. The number of methoxy groups -OCH3 is 3. The molecule has 0 atom stereocenters. The molecular formula is C21H20ClN3O4. The normalized spacial score (nSPS) is 10.2. The highest BCUT2D eigenvalue weighted by atomic mass is 35.5. The van der Waals surface area contributed by atoms with E-state index in [1.54, 1.807) is 68.9 Å². The molecule has 29 heavy (non-hydrogen) atoms. The number of hydrogen-bond acceptors (Lipinski definition) is 6. The van der Waals surface area contributed by atoms with Crippen molar-refractivity contribution in [3.8, 4) is 17.2 Å². The lowest BCUT2D eigenvalue weighted by Gasteiger charge is -2.14. The van der Waals surface area contributed by atoms with Gasteiger partial charge in [0.25, 0.3) is 5.91 Å². The number of halogens is 1. The van der Waals surface area contributed by atoms with Crippen molar-refractivity contribution in [3.63, 3.8) is 0 Å². The Kier molecular flexibility index (Phi) is 6.41. The van der Waals surface area contributed by atoms with E-state index in [1.807, 2.05) is 0 Å². The van der Waals surface area contributed by atoms with E-state index >= 15 is 0 Å². The molecule has 3 rings (SSSR count). The number of carbonyl (C=O) groups excluding carboxylic acids is 1. The van der Waals surface area contributed by atoms with E-state index in [0.29, 0.717) is 45.0 Å². The van der Waals surface area contributed by atoms with Crippen LogP contribution in [0.25, 0.3) is 0 Å². The number of aromatic nitrogens is 1. The van der Waals surface area contributed by atoms with Crippen LogP contribution in [0.2, 0.25) is 5.02 Å². The summed E-state index contributed by atoms with van der Waals surface area (Å²) in [6, 6.07) is 13.7. The Morgan fingerprint density at radius 1 is 0.931 bits per heavy atom. The molecule has 0 aliphatic rings. The second kappa shape index (κ2) is 9.16. The minimum Gasteiger partial charge on any atom is -0.497 e. The summed E-state index contributed by atoms with van der Waals surface area (Å²) < 4.78 is 15.7. The Morgan fingerprint density at radius 2 is 1.66 bits per heavy atom. The number of rotatable bonds is 7. The summed E-state index contributed by atoms with van der Waals surface area (Å²) in [6.45, 7) is 0. The molecule has 0 saturated carbocycles. The standard InChI is InChI=1S/C21H20ClN3O4/c1-27-15-6-4-14(5-7-15)24-21(26)13-8-9-23-20(10-13)25-17-11-16(22)18(28-2)12-19(17)29-3/h4-12H,1-3H3,(H,23,25)(H,24,26). The Morgan fingerprint density at radius 3 is 2.31 bits per heavy atom. The average molecular weight is 414 g/mol.